The van der Waals surface area contributed by atoms with E-state index in [4.69, 9.17) is 11.6 Å². The van der Waals surface area contributed by atoms with Crippen molar-refractivity contribution in [3.05, 3.63) is 41.3 Å². The molecule has 2 aromatic heterocycles. The SMILES string of the molecule is O=C(c1cnc(NC2CCN(c3ncccn3)CC2)c(Cl)c1)N1CCCCC1. The fourth-order valence-electron chi connectivity index (χ4n) is 3.81. The highest BCUT2D eigenvalue weighted by molar-refractivity contribution is 6.33. The molecule has 4 rings (SSSR count). The molecule has 0 spiro atoms. The number of amides is 1. The first-order valence-corrected chi connectivity index (χ1v) is 10.3. The number of nitrogens with one attached hydrogen (secondary N) is 1. The molecule has 0 unspecified atom stereocenters. The number of likely N-dealkylation sites (tertiary alicyclic amines) is 1. The summed E-state index contributed by atoms with van der Waals surface area (Å²) in [4.78, 5) is 29.8. The number of carbonyl (C=O) groups is 1. The van der Waals surface area contributed by atoms with Crippen LogP contribution in [0.25, 0.3) is 0 Å². The van der Waals surface area contributed by atoms with Gasteiger partial charge < -0.3 is 15.1 Å². The largest absolute Gasteiger partial charge is 0.366 e. The Hall–Kier alpha value is -2.41. The zero-order valence-electron chi connectivity index (χ0n) is 15.9. The molecule has 0 atom stereocenters. The van der Waals surface area contributed by atoms with E-state index in [1.54, 1.807) is 24.7 Å². The Kier molecular flexibility index (Phi) is 5.90. The standard InChI is InChI=1S/C20H25ClN6O/c21-17-13-15(19(28)26-9-2-1-3-10-26)14-24-18(17)25-16-5-11-27(12-6-16)20-22-7-4-8-23-20/h4,7-8,13-14,16H,1-3,5-6,9-12H2,(H,24,25). The maximum atomic E-state index is 12.6. The minimum Gasteiger partial charge on any atom is -0.366 e. The van der Waals surface area contributed by atoms with Crippen LogP contribution in [0, 0.1) is 0 Å². The molecule has 0 aliphatic carbocycles. The van der Waals surface area contributed by atoms with E-state index in [9.17, 15) is 4.79 Å². The van der Waals surface area contributed by atoms with E-state index in [-0.39, 0.29) is 11.9 Å². The normalized spacial score (nSPS) is 18.2. The van der Waals surface area contributed by atoms with Gasteiger partial charge in [-0.05, 0) is 44.2 Å². The maximum absolute atomic E-state index is 12.6. The fraction of sp³-hybridized carbons (Fsp3) is 0.500. The topological polar surface area (TPSA) is 74.2 Å². The molecule has 2 aliphatic rings. The van der Waals surface area contributed by atoms with Gasteiger partial charge in [-0.1, -0.05) is 11.6 Å². The Balaban J connectivity index is 1.34. The van der Waals surface area contributed by atoms with Gasteiger partial charge in [0.2, 0.25) is 5.95 Å². The van der Waals surface area contributed by atoms with E-state index < -0.39 is 0 Å². The molecule has 0 radical (unpaired) electrons. The number of hydrogen-bond donors (Lipinski definition) is 1. The summed E-state index contributed by atoms with van der Waals surface area (Å²) in [6.07, 6.45) is 10.4. The van der Waals surface area contributed by atoms with Crippen molar-refractivity contribution in [2.24, 2.45) is 0 Å². The lowest BCUT2D eigenvalue weighted by Gasteiger charge is -2.32. The highest BCUT2D eigenvalue weighted by Crippen LogP contribution is 2.25. The second-order valence-electron chi connectivity index (χ2n) is 7.36. The molecule has 28 heavy (non-hydrogen) atoms. The third-order valence-corrected chi connectivity index (χ3v) is 5.69. The lowest BCUT2D eigenvalue weighted by Crippen LogP contribution is -2.40. The van der Waals surface area contributed by atoms with E-state index in [1.165, 1.54) is 6.42 Å². The van der Waals surface area contributed by atoms with Crippen LogP contribution in [0.4, 0.5) is 11.8 Å². The third-order valence-electron chi connectivity index (χ3n) is 5.40. The lowest BCUT2D eigenvalue weighted by atomic mass is 10.1. The Bertz CT molecular complexity index is 804. The highest BCUT2D eigenvalue weighted by Gasteiger charge is 2.23. The molecule has 0 saturated carbocycles. The molecule has 0 bridgehead atoms. The molecule has 148 valence electrons. The molecule has 8 heteroatoms. The highest BCUT2D eigenvalue weighted by atomic mass is 35.5. The van der Waals surface area contributed by atoms with Crippen LogP contribution in [-0.2, 0) is 0 Å². The quantitative estimate of drug-likeness (QED) is 0.849. The summed E-state index contributed by atoms with van der Waals surface area (Å²) in [6, 6.07) is 3.85. The number of carbonyl (C=O) groups excluding carboxylic acids is 1. The van der Waals surface area contributed by atoms with Gasteiger partial charge in [0.1, 0.15) is 5.82 Å². The second kappa shape index (κ2) is 8.73. The van der Waals surface area contributed by atoms with Crippen molar-refractivity contribution in [2.45, 2.75) is 38.1 Å². The monoisotopic (exact) mass is 400 g/mol. The van der Waals surface area contributed by atoms with Crippen molar-refractivity contribution in [3.8, 4) is 0 Å². The molecular weight excluding hydrogens is 376 g/mol. The summed E-state index contributed by atoms with van der Waals surface area (Å²) in [5, 5.41) is 3.93. The average Bonchev–Trinajstić information content (AvgIpc) is 2.76. The number of pyridine rings is 1. The van der Waals surface area contributed by atoms with Crippen molar-refractivity contribution in [1.29, 1.82) is 0 Å². The van der Waals surface area contributed by atoms with Crippen LogP contribution in [0.15, 0.2) is 30.7 Å². The van der Waals surface area contributed by atoms with E-state index in [0.29, 0.717) is 16.4 Å². The molecule has 0 aromatic carbocycles. The summed E-state index contributed by atoms with van der Waals surface area (Å²) < 4.78 is 0. The van der Waals surface area contributed by atoms with Gasteiger partial charge in [0, 0.05) is 50.8 Å². The molecule has 2 fully saturated rings. The van der Waals surface area contributed by atoms with Crippen LogP contribution in [0.3, 0.4) is 0 Å². The maximum Gasteiger partial charge on any atom is 0.255 e. The number of nitrogens with zero attached hydrogens (tertiary/aromatic N) is 5. The number of anilines is 2. The second-order valence-corrected chi connectivity index (χ2v) is 7.77. The Morgan fingerprint density at radius 3 is 2.43 bits per heavy atom. The molecule has 7 nitrogen and oxygen atoms in total. The molecule has 2 aromatic rings. The summed E-state index contributed by atoms with van der Waals surface area (Å²) in [5.74, 6) is 1.45. The molecular formula is C20H25ClN6O. The molecule has 4 heterocycles. The van der Waals surface area contributed by atoms with Crippen LogP contribution >= 0.6 is 11.6 Å². The van der Waals surface area contributed by atoms with Gasteiger partial charge in [-0.2, -0.15) is 0 Å². The van der Waals surface area contributed by atoms with Crippen LogP contribution in [0.2, 0.25) is 5.02 Å². The summed E-state index contributed by atoms with van der Waals surface area (Å²) in [5.41, 5.74) is 0.563. The van der Waals surface area contributed by atoms with Crippen LogP contribution in [0.5, 0.6) is 0 Å². The van der Waals surface area contributed by atoms with Crippen LogP contribution in [-0.4, -0.2) is 58.0 Å². The summed E-state index contributed by atoms with van der Waals surface area (Å²) in [6.45, 7) is 3.40. The molecule has 1 N–H and O–H groups in total. The fourth-order valence-corrected chi connectivity index (χ4v) is 4.03. The summed E-state index contributed by atoms with van der Waals surface area (Å²) in [7, 11) is 0. The van der Waals surface area contributed by atoms with Crippen molar-refractivity contribution in [3.63, 3.8) is 0 Å². The Morgan fingerprint density at radius 1 is 1.04 bits per heavy atom. The number of piperidine rings is 2. The van der Waals surface area contributed by atoms with E-state index >= 15 is 0 Å². The van der Waals surface area contributed by atoms with Gasteiger partial charge in [-0.3, -0.25) is 4.79 Å². The minimum atomic E-state index is 0.0248. The Morgan fingerprint density at radius 2 is 1.75 bits per heavy atom. The third kappa shape index (κ3) is 4.35. The number of hydrogen-bond acceptors (Lipinski definition) is 6. The summed E-state index contributed by atoms with van der Waals surface area (Å²) >= 11 is 6.43. The van der Waals surface area contributed by atoms with E-state index in [2.05, 4.69) is 25.2 Å². The smallest absolute Gasteiger partial charge is 0.255 e. The number of halogens is 1. The first-order valence-electron chi connectivity index (χ1n) is 9.94. The number of rotatable bonds is 4. The van der Waals surface area contributed by atoms with Crippen LogP contribution < -0.4 is 10.2 Å². The lowest BCUT2D eigenvalue weighted by molar-refractivity contribution is 0.0724. The average molecular weight is 401 g/mol. The van der Waals surface area contributed by atoms with Crippen molar-refractivity contribution < 1.29 is 4.79 Å². The zero-order valence-corrected chi connectivity index (χ0v) is 16.6. The first kappa shape index (κ1) is 18.9. The first-order chi connectivity index (χ1) is 13.7. The van der Waals surface area contributed by atoms with Crippen LogP contribution in [0.1, 0.15) is 42.5 Å². The minimum absolute atomic E-state index is 0.0248. The molecule has 2 saturated heterocycles. The predicted molar refractivity (Wildman–Crippen MR) is 110 cm³/mol. The van der Waals surface area contributed by atoms with Crippen molar-refractivity contribution in [2.75, 3.05) is 36.4 Å². The van der Waals surface area contributed by atoms with Gasteiger partial charge in [-0.25, -0.2) is 15.0 Å². The predicted octanol–water partition coefficient (Wildman–Crippen LogP) is 3.23. The van der Waals surface area contributed by atoms with Crippen molar-refractivity contribution >= 4 is 29.3 Å². The number of aromatic nitrogens is 3. The van der Waals surface area contributed by atoms with E-state index in [0.717, 1.165) is 57.8 Å². The van der Waals surface area contributed by atoms with Crippen molar-refractivity contribution in [1.82, 2.24) is 19.9 Å². The molecule has 1 amide bonds. The van der Waals surface area contributed by atoms with E-state index in [1.807, 2.05) is 11.0 Å². The van der Waals surface area contributed by atoms with Gasteiger partial charge >= 0.3 is 0 Å². The van der Waals surface area contributed by atoms with Gasteiger partial charge in [-0.15, -0.1) is 0 Å². The zero-order chi connectivity index (χ0) is 19.3. The van der Waals surface area contributed by atoms with Gasteiger partial charge in [0.25, 0.3) is 5.91 Å². The Labute approximate surface area is 170 Å². The van der Waals surface area contributed by atoms with Gasteiger partial charge in [0.15, 0.2) is 0 Å². The molecule has 2 aliphatic heterocycles. The van der Waals surface area contributed by atoms with Gasteiger partial charge in [0.05, 0.1) is 10.6 Å².